The van der Waals surface area contributed by atoms with Gasteiger partial charge in [0, 0.05) is 13.0 Å². The Bertz CT molecular complexity index is 1090. The Morgan fingerprint density at radius 1 is 0.407 bits per heavy atom. The van der Waals surface area contributed by atoms with E-state index in [0.717, 1.165) is 70.6 Å². The van der Waals surface area contributed by atoms with E-state index < -0.39 is 6.10 Å². The van der Waals surface area contributed by atoms with Crippen molar-refractivity contribution in [3.05, 3.63) is 97.2 Å². The average Bonchev–Trinajstić information content (AvgIpc) is 3.24. The Balaban J connectivity index is 3.45. The van der Waals surface area contributed by atoms with E-state index in [0.29, 0.717) is 13.0 Å². The molecule has 4 heteroatoms. The van der Waals surface area contributed by atoms with Gasteiger partial charge >= 0.3 is 5.97 Å². The number of carbonyl (C=O) groups is 1. The molecule has 1 unspecified atom stereocenters. The van der Waals surface area contributed by atoms with Crippen LogP contribution in [0.2, 0.25) is 0 Å². The van der Waals surface area contributed by atoms with Crippen molar-refractivity contribution >= 4 is 5.97 Å². The third kappa shape index (κ3) is 49.6. The van der Waals surface area contributed by atoms with Gasteiger partial charge in [0.1, 0.15) is 6.10 Å². The van der Waals surface area contributed by atoms with Crippen LogP contribution in [-0.2, 0) is 14.3 Å². The fraction of sp³-hybridized carbons (Fsp3) is 0.691. The maximum absolute atomic E-state index is 12.3. The zero-order chi connectivity index (χ0) is 42.6. The Hall–Kier alpha value is -2.69. The first-order valence-corrected chi connectivity index (χ1v) is 24.8. The van der Waals surface area contributed by atoms with Crippen LogP contribution in [0.5, 0.6) is 0 Å². The first kappa shape index (κ1) is 56.3. The third-order valence-corrected chi connectivity index (χ3v) is 10.4. The molecular formula is C55H94O4. The molecule has 0 amide bonds. The second-order valence-electron chi connectivity index (χ2n) is 16.1. The number of allylic oxidation sites excluding steroid dienone is 16. The highest BCUT2D eigenvalue weighted by Crippen LogP contribution is 2.14. The Morgan fingerprint density at radius 2 is 0.712 bits per heavy atom. The Kier molecular flexibility index (Phi) is 49.1. The highest BCUT2D eigenvalue weighted by Gasteiger charge is 2.13. The van der Waals surface area contributed by atoms with Crippen LogP contribution in [0.4, 0.5) is 0 Å². The molecule has 0 rings (SSSR count). The third-order valence-electron chi connectivity index (χ3n) is 10.4. The summed E-state index contributed by atoms with van der Waals surface area (Å²) in [7, 11) is 0. The van der Waals surface area contributed by atoms with E-state index in [1.54, 1.807) is 0 Å². The summed E-state index contributed by atoms with van der Waals surface area (Å²) in [6, 6.07) is 0. The summed E-state index contributed by atoms with van der Waals surface area (Å²) in [5, 5.41) is 9.65. The van der Waals surface area contributed by atoms with E-state index in [4.69, 9.17) is 9.47 Å². The molecule has 0 saturated carbocycles. The van der Waals surface area contributed by atoms with Gasteiger partial charge in [-0.25, -0.2) is 0 Å². The van der Waals surface area contributed by atoms with Gasteiger partial charge in [-0.1, -0.05) is 220 Å². The van der Waals surface area contributed by atoms with E-state index in [9.17, 15) is 9.90 Å². The minimum atomic E-state index is -0.545. The van der Waals surface area contributed by atoms with Gasteiger partial charge in [-0.15, -0.1) is 0 Å². The smallest absolute Gasteiger partial charge is 0.306 e. The molecule has 4 nitrogen and oxygen atoms in total. The summed E-state index contributed by atoms with van der Waals surface area (Å²) in [6.45, 7) is 5.11. The second-order valence-corrected chi connectivity index (χ2v) is 16.1. The molecule has 0 heterocycles. The number of aliphatic hydroxyl groups is 1. The lowest BCUT2D eigenvalue weighted by atomic mass is 10.0. The number of carbonyl (C=O) groups excluding carboxylic acids is 1. The van der Waals surface area contributed by atoms with Gasteiger partial charge in [0.15, 0.2) is 0 Å². The van der Waals surface area contributed by atoms with Crippen LogP contribution < -0.4 is 0 Å². The number of aliphatic hydroxyl groups excluding tert-OH is 1. The second kappa shape index (κ2) is 51.5. The van der Waals surface area contributed by atoms with Gasteiger partial charge in [-0.05, 0) is 89.9 Å². The molecule has 1 N–H and O–H groups in total. The summed E-state index contributed by atoms with van der Waals surface area (Å²) in [6.07, 6.45) is 73.5. The Labute approximate surface area is 366 Å². The van der Waals surface area contributed by atoms with Crippen LogP contribution in [0.15, 0.2) is 97.2 Å². The topological polar surface area (TPSA) is 55.8 Å². The predicted molar refractivity (Wildman–Crippen MR) is 260 cm³/mol. The molecule has 0 aromatic carbocycles. The molecule has 338 valence electrons. The van der Waals surface area contributed by atoms with Gasteiger partial charge in [-0.2, -0.15) is 0 Å². The normalized spacial score (nSPS) is 13.2. The van der Waals surface area contributed by atoms with Crippen molar-refractivity contribution in [1.82, 2.24) is 0 Å². The van der Waals surface area contributed by atoms with Crippen molar-refractivity contribution in [3.63, 3.8) is 0 Å². The van der Waals surface area contributed by atoms with Gasteiger partial charge in [0.25, 0.3) is 0 Å². The van der Waals surface area contributed by atoms with Crippen LogP contribution >= 0.6 is 0 Å². The molecule has 0 aliphatic carbocycles. The number of ether oxygens (including phenoxy) is 2. The van der Waals surface area contributed by atoms with E-state index in [1.165, 1.54) is 128 Å². The van der Waals surface area contributed by atoms with Gasteiger partial charge in [-0.3, -0.25) is 4.79 Å². The van der Waals surface area contributed by atoms with Gasteiger partial charge < -0.3 is 14.6 Å². The number of hydrogen-bond donors (Lipinski definition) is 1. The lowest BCUT2D eigenvalue weighted by Crippen LogP contribution is -2.27. The van der Waals surface area contributed by atoms with Crippen molar-refractivity contribution in [2.75, 3.05) is 19.8 Å². The molecule has 0 aliphatic rings. The largest absolute Gasteiger partial charge is 0.457 e. The zero-order valence-corrected chi connectivity index (χ0v) is 38.7. The van der Waals surface area contributed by atoms with Crippen LogP contribution in [0, 0.1) is 0 Å². The number of esters is 1. The van der Waals surface area contributed by atoms with E-state index in [1.807, 2.05) is 0 Å². The average molecular weight is 819 g/mol. The quantitative estimate of drug-likeness (QED) is 0.0378. The molecule has 0 radical (unpaired) electrons. The van der Waals surface area contributed by atoms with Crippen molar-refractivity contribution < 1.29 is 19.4 Å². The summed E-state index contributed by atoms with van der Waals surface area (Å²) in [4.78, 5) is 12.3. The highest BCUT2D eigenvalue weighted by molar-refractivity contribution is 5.69. The Morgan fingerprint density at radius 3 is 1.07 bits per heavy atom. The monoisotopic (exact) mass is 819 g/mol. The first-order valence-electron chi connectivity index (χ1n) is 24.8. The summed E-state index contributed by atoms with van der Waals surface area (Å²) >= 11 is 0. The minimum absolute atomic E-state index is 0.179. The molecule has 0 fully saturated rings. The van der Waals surface area contributed by atoms with Crippen molar-refractivity contribution in [3.8, 4) is 0 Å². The van der Waals surface area contributed by atoms with Crippen LogP contribution in [0.25, 0.3) is 0 Å². The number of unbranched alkanes of at least 4 members (excludes halogenated alkanes) is 21. The molecule has 0 spiro atoms. The molecule has 0 aromatic rings. The molecule has 0 saturated heterocycles. The predicted octanol–water partition coefficient (Wildman–Crippen LogP) is 16.9. The molecule has 0 aromatic heterocycles. The van der Waals surface area contributed by atoms with Gasteiger partial charge in [0.05, 0.1) is 13.2 Å². The molecule has 1 atom stereocenters. The first-order chi connectivity index (χ1) is 29.2. The maximum atomic E-state index is 12.3. The van der Waals surface area contributed by atoms with Crippen LogP contribution in [0.3, 0.4) is 0 Å². The summed E-state index contributed by atoms with van der Waals surface area (Å²) < 4.78 is 11.2. The highest BCUT2D eigenvalue weighted by atomic mass is 16.6. The summed E-state index contributed by atoms with van der Waals surface area (Å²) in [5.74, 6) is -0.209. The van der Waals surface area contributed by atoms with Crippen LogP contribution in [-0.4, -0.2) is 37.0 Å². The van der Waals surface area contributed by atoms with Crippen molar-refractivity contribution in [1.29, 1.82) is 0 Å². The number of hydrogen-bond acceptors (Lipinski definition) is 4. The maximum Gasteiger partial charge on any atom is 0.306 e. The minimum Gasteiger partial charge on any atom is -0.457 e. The van der Waals surface area contributed by atoms with Crippen molar-refractivity contribution in [2.24, 2.45) is 0 Å². The lowest BCUT2D eigenvalue weighted by Gasteiger charge is -2.16. The fourth-order valence-electron chi connectivity index (χ4n) is 6.78. The molecule has 0 bridgehead atoms. The fourth-order valence-corrected chi connectivity index (χ4v) is 6.78. The van der Waals surface area contributed by atoms with E-state index in [2.05, 4.69) is 111 Å². The summed E-state index contributed by atoms with van der Waals surface area (Å²) in [5.41, 5.74) is 0. The van der Waals surface area contributed by atoms with Crippen molar-refractivity contribution in [2.45, 2.75) is 225 Å². The SMILES string of the molecule is CC/C=C\C/C=C\C/C=C\C/C=C\CCCCCCCCCCCCCOCC(CO)OC(=O)CCCCCCCCCCCC/C=C\C/C=C\C/C=C\C/C=C\CC. The molecule has 0 aliphatic heterocycles. The standard InChI is InChI=1S/C55H94O4/c1-3-5-7-9-11-13-15-17-19-21-23-25-27-29-31-33-35-37-39-41-43-45-47-49-51-58-53-54(52-56)59-55(57)50-48-46-44-42-40-38-36-34-32-30-28-26-24-22-20-18-16-14-12-10-8-6-4-2/h5-8,11-14,17-20,23-26,54,56H,3-4,9-10,15-16,21-22,27-53H2,1-2H3/b7-5-,8-6-,13-11-,14-12-,19-17-,20-18-,25-23-,26-24-. The molecular weight excluding hydrogens is 725 g/mol. The van der Waals surface area contributed by atoms with E-state index >= 15 is 0 Å². The van der Waals surface area contributed by atoms with E-state index in [-0.39, 0.29) is 19.2 Å². The van der Waals surface area contributed by atoms with Gasteiger partial charge in [0.2, 0.25) is 0 Å². The number of rotatable bonds is 45. The molecule has 59 heavy (non-hydrogen) atoms. The zero-order valence-electron chi connectivity index (χ0n) is 38.7. The van der Waals surface area contributed by atoms with Crippen LogP contribution in [0.1, 0.15) is 219 Å². The lowest BCUT2D eigenvalue weighted by molar-refractivity contribution is -0.154.